The molecule has 2 aromatic carbocycles. The van der Waals surface area contributed by atoms with Crippen LogP contribution >= 0.6 is 0 Å². The van der Waals surface area contributed by atoms with Crippen LogP contribution in [0.3, 0.4) is 0 Å². The number of nitrogens with two attached hydrogens (primary N) is 1. The van der Waals surface area contributed by atoms with Crippen LogP contribution in [0.2, 0.25) is 0 Å². The molecule has 0 radical (unpaired) electrons. The lowest BCUT2D eigenvalue weighted by Crippen LogP contribution is -2.14. The van der Waals surface area contributed by atoms with Crippen LogP contribution in [0.25, 0.3) is 11.5 Å². The number of hydrogen-bond acceptors (Lipinski definition) is 6. The van der Waals surface area contributed by atoms with E-state index in [1.54, 1.807) is 36.4 Å². The van der Waals surface area contributed by atoms with Gasteiger partial charge in [0.2, 0.25) is 0 Å². The number of hydrogen-bond donors (Lipinski definition) is 2. The number of ether oxygens (including phenoxy) is 1. The fourth-order valence-electron chi connectivity index (χ4n) is 2.52. The molecule has 0 bridgehead atoms. The number of methoxy groups -OCH3 is 1. The Balaban J connectivity index is 1.90. The molecule has 1 aromatic heterocycles. The van der Waals surface area contributed by atoms with Gasteiger partial charge in [-0.05, 0) is 30.3 Å². The van der Waals surface area contributed by atoms with Gasteiger partial charge in [-0.2, -0.15) is 4.98 Å². The molecule has 3 aromatic rings. The summed E-state index contributed by atoms with van der Waals surface area (Å²) < 4.78 is 10.5. The summed E-state index contributed by atoms with van der Waals surface area (Å²) in [5, 5.41) is 6.86. The summed E-state index contributed by atoms with van der Waals surface area (Å²) in [6.07, 6.45) is 0. The third-order valence-corrected chi connectivity index (χ3v) is 3.99. The number of benzene rings is 2. The maximum Gasteiger partial charge on any atom is 0.258 e. The molecule has 0 saturated heterocycles. The van der Waals surface area contributed by atoms with Crippen LogP contribution in [0, 0.1) is 0 Å². The molecule has 1 heterocycles. The lowest BCUT2D eigenvalue weighted by molar-refractivity contribution is 0.102. The lowest BCUT2D eigenvalue weighted by atomic mass is 9.96. The summed E-state index contributed by atoms with van der Waals surface area (Å²) >= 11 is 0. The van der Waals surface area contributed by atoms with Crippen LogP contribution in [-0.2, 0) is 5.41 Å². The Morgan fingerprint density at radius 3 is 2.56 bits per heavy atom. The number of anilines is 2. The quantitative estimate of drug-likeness (QED) is 0.679. The third-order valence-electron chi connectivity index (χ3n) is 3.99. The van der Waals surface area contributed by atoms with Gasteiger partial charge in [0.1, 0.15) is 5.75 Å². The highest BCUT2D eigenvalue weighted by Gasteiger charge is 2.23. The van der Waals surface area contributed by atoms with E-state index in [1.165, 1.54) is 7.11 Å². The van der Waals surface area contributed by atoms with Crippen molar-refractivity contribution in [1.82, 2.24) is 10.1 Å². The molecule has 0 saturated carbocycles. The zero-order valence-electron chi connectivity index (χ0n) is 15.7. The van der Waals surface area contributed by atoms with Gasteiger partial charge < -0.3 is 20.3 Å². The molecular formula is C20H22N4O3. The number of carbonyl (C=O) groups is 1. The Kier molecular flexibility index (Phi) is 4.85. The van der Waals surface area contributed by atoms with E-state index in [4.69, 9.17) is 15.0 Å². The van der Waals surface area contributed by atoms with E-state index in [2.05, 4.69) is 15.5 Å². The van der Waals surface area contributed by atoms with Crippen LogP contribution in [-0.4, -0.2) is 23.2 Å². The van der Waals surface area contributed by atoms with Crippen molar-refractivity contribution in [3.63, 3.8) is 0 Å². The normalized spacial score (nSPS) is 11.3. The van der Waals surface area contributed by atoms with Gasteiger partial charge in [0.25, 0.3) is 11.8 Å². The Labute approximate surface area is 157 Å². The van der Waals surface area contributed by atoms with Gasteiger partial charge in [-0.25, -0.2) is 0 Å². The summed E-state index contributed by atoms with van der Waals surface area (Å²) in [4.78, 5) is 17.2. The topological polar surface area (TPSA) is 103 Å². The molecule has 3 N–H and O–H groups in total. The molecule has 0 spiro atoms. The van der Waals surface area contributed by atoms with Crippen molar-refractivity contribution >= 4 is 17.3 Å². The second-order valence-electron chi connectivity index (χ2n) is 7.13. The van der Waals surface area contributed by atoms with Gasteiger partial charge in [-0.15, -0.1) is 0 Å². The average molecular weight is 366 g/mol. The molecule has 7 nitrogen and oxygen atoms in total. The van der Waals surface area contributed by atoms with Gasteiger partial charge in [0.05, 0.1) is 23.9 Å². The van der Waals surface area contributed by atoms with Crippen molar-refractivity contribution in [3.05, 3.63) is 53.9 Å². The number of nitrogens with one attached hydrogen (secondary N) is 1. The van der Waals surface area contributed by atoms with Crippen LogP contribution < -0.4 is 15.8 Å². The Bertz CT molecular complexity index is 973. The zero-order chi connectivity index (χ0) is 19.6. The molecular weight excluding hydrogens is 344 g/mol. The summed E-state index contributed by atoms with van der Waals surface area (Å²) in [5.74, 6) is 1.13. The van der Waals surface area contributed by atoms with Crippen LogP contribution in [0.15, 0.2) is 47.0 Å². The molecule has 0 unspecified atom stereocenters. The van der Waals surface area contributed by atoms with Gasteiger partial charge >= 0.3 is 0 Å². The fraction of sp³-hybridized carbons (Fsp3) is 0.250. The Morgan fingerprint density at radius 2 is 1.93 bits per heavy atom. The summed E-state index contributed by atoms with van der Waals surface area (Å²) in [5.41, 5.74) is 7.65. The molecule has 0 atom stereocenters. The van der Waals surface area contributed by atoms with E-state index >= 15 is 0 Å². The first-order chi connectivity index (χ1) is 12.8. The van der Waals surface area contributed by atoms with Crippen LogP contribution in [0.5, 0.6) is 5.75 Å². The lowest BCUT2D eigenvalue weighted by Gasteiger charge is -2.11. The molecule has 3 rings (SSSR count). The van der Waals surface area contributed by atoms with Crippen molar-refractivity contribution in [2.45, 2.75) is 26.2 Å². The van der Waals surface area contributed by atoms with Crippen molar-refractivity contribution < 1.29 is 14.1 Å². The van der Waals surface area contributed by atoms with Gasteiger partial charge in [-0.3, -0.25) is 4.79 Å². The van der Waals surface area contributed by atoms with E-state index in [0.717, 1.165) is 0 Å². The highest BCUT2D eigenvalue weighted by atomic mass is 16.5. The molecule has 0 aliphatic rings. The minimum Gasteiger partial charge on any atom is -0.495 e. The predicted molar refractivity (Wildman–Crippen MR) is 104 cm³/mol. The first kappa shape index (κ1) is 18.4. The number of rotatable bonds is 4. The van der Waals surface area contributed by atoms with E-state index in [9.17, 15) is 4.79 Å². The number of nitrogen functional groups attached to an aromatic ring is 1. The molecule has 0 aliphatic carbocycles. The van der Waals surface area contributed by atoms with Crippen molar-refractivity contribution in [2.24, 2.45) is 0 Å². The monoisotopic (exact) mass is 366 g/mol. The summed E-state index contributed by atoms with van der Waals surface area (Å²) in [6, 6.07) is 12.1. The minimum absolute atomic E-state index is 0.250. The SMILES string of the molecule is COc1ccc(NC(=O)c2ccccc2-c2nc(C(C)(C)C)no2)cc1N. The average Bonchev–Trinajstić information content (AvgIpc) is 3.12. The highest BCUT2D eigenvalue weighted by Crippen LogP contribution is 2.28. The standard InChI is InChI=1S/C20H22N4O3/c1-20(2,3)19-23-18(27-24-19)14-8-6-5-7-13(14)17(25)22-12-9-10-16(26-4)15(21)11-12/h5-11H,21H2,1-4H3,(H,22,25). The van der Waals surface area contributed by atoms with Gasteiger partial charge in [-0.1, -0.05) is 38.1 Å². The summed E-state index contributed by atoms with van der Waals surface area (Å²) in [7, 11) is 1.54. The van der Waals surface area contributed by atoms with E-state index in [0.29, 0.717) is 40.0 Å². The van der Waals surface area contributed by atoms with Gasteiger partial charge in [0.15, 0.2) is 5.82 Å². The van der Waals surface area contributed by atoms with E-state index < -0.39 is 0 Å². The molecule has 1 amide bonds. The first-order valence-corrected chi connectivity index (χ1v) is 8.48. The number of amides is 1. The van der Waals surface area contributed by atoms with E-state index in [-0.39, 0.29) is 11.3 Å². The van der Waals surface area contributed by atoms with Crippen LogP contribution in [0.4, 0.5) is 11.4 Å². The van der Waals surface area contributed by atoms with Crippen molar-refractivity contribution in [2.75, 3.05) is 18.2 Å². The minimum atomic E-state index is -0.300. The molecule has 0 aliphatic heterocycles. The van der Waals surface area contributed by atoms with Gasteiger partial charge in [0, 0.05) is 11.1 Å². The fourth-order valence-corrected chi connectivity index (χ4v) is 2.52. The second kappa shape index (κ2) is 7.11. The molecule has 7 heteroatoms. The maximum atomic E-state index is 12.8. The molecule has 0 fully saturated rings. The Morgan fingerprint density at radius 1 is 1.19 bits per heavy atom. The summed E-state index contributed by atoms with van der Waals surface area (Å²) in [6.45, 7) is 5.98. The third kappa shape index (κ3) is 3.92. The molecule has 27 heavy (non-hydrogen) atoms. The maximum absolute atomic E-state index is 12.8. The van der Waals surface area contributed by atoms with Crippen LogP contribution in [0.1, 0.15) is 37.0 Å². The largest absolute Gasteiger partial charge is 0.495 e. The molecule has 140 valence electrons. The second-order valence-corrected chi connectivity index (χ2v) is 7.13. The Hall–Kier alpha value is -3.35. The van der Waals surface area contributed by atoms with E-state index in [1.807, 2.05) is 26.8 Å². The number of aromatic nitrogens is 2. The first-order valence-electron chi connectivity index (χ1n) is 8.48. The zero-order valence-corrected chi connectivity index (χ0v) is 15.7. The smallest absolute Gasteiger partial charge is 0.258 e. The van der Waals surface area contributed by atoms with Crippen molar-refractivity contribution in [1.29, 1.82) is 0 Å². The highest BCUT2D eigenvalue weighted by molar-refractivity contribution is 6.08. The predicted octanol–water partition coefficient (Wildman–Crippen LogP) is 3.88. The number of nitrogens with zero attached hydrogens (tertiary/aromatic N) is 2. The van der Waals surface area contributed by atoms with Crippen molar-refractivity contribution in [3.8, 4) is 17.2 Å². The number of carbonyl (C=O) groups excluding carboxylic acids is 1.